The zero-order valence-electron chi connectivity index (χ0n) is 12.3. The standard InChI is InChI=1S/C15H30O2.Mg/c1-2-3-4-5-6-7-8-9-10-11-12-13-14-15(16)17;/h2-14H2,1H3,(H,16,17);. The van der Waals surface area contributed by atoms with E-state index in [4.69, 9.17) is 5.11 Å². The Kier molecular flexibility index (Phi) is 19.7. The molecule has 0 fully saturated rings. The van der Waals surface area contributed by atoms with Crippen LogP contribution in [-0.4, -0.2) is 34.1 Å². The van der Waals surface area contributed by atoms with E-state index in [9.17, 15) is 4.79 Å². The van der Waals surface area contributed by atoms with E-state index in [0.29, 0.717) is 6.42 Å². The van der Waals surface area contributed by atoms with Crippen molar-refractivity contribution in [3.8, 4) is 0 Å². The van der Waals surface area contributed by atoms with Gasteiger partial charge in [-0.3, -0.25) is 4.79 Å². The highest BCUT2D eigenvalue weighted by molar-refractivity contribution is 5.75. The first-order chi connectivity index (χ1) is 8.27. The number of rotatable bonds is 13. The summed E-state index contributed by atoms with van der Waals surface area (Å²) in [7, 11) is 0. The van der Waals surface area contributed by atoms with E-state index in [2.05, 4.69) is 6.92 Å². The number of carboxylic acids is 1. The van der Waals surface area contributed by atoms with Crippen LogP contribution >= 0.6 is 0 Å². The van der Waals surface area contributed by atoms with Crippen LogP contribution in [0.1, 0.15) is 90.4 Å². The van der Waals surface area contributed by atoms with Gasteiger partial charge in [0.2, 0.25) is 0 Å². The molecule has 0 rings (SSSR count). The summed E-state index contributed by atoms with van der Waals surface area (Å²) >= 11 is 0. The largest absolute Gasteiger partial charge is 0.481 e. The number of carbonyl (C=O) groups is 1. The summed E-state index contributed by atoms with van der Waals surface area (Å²) in [5.74, 6) is -0.655. The molecule has 104 valence electrons. The molecule has 1 N–H and O–H groups in total. The van der Waals surface area contributed by atoms with E-state index < -0.39 is 5.97 Å². The second-order valence-corrected chi connectivity index (χ2v) is 5.03. The predicted octanol–water partition coefficient (Wildman–Crippen LogP) is 4.78. The minimum Gasteiger partial charge on any atom is -0.481 e. The molecule has 2 nitrogen and oxygen atoms in total. The fraction of sp³-hybridized carbons (Fsp3) is 0.933. The second kappa shape index (κ2) is 17.2. The third-order valence-corrected chi connectivity index (χ3v) is 3.24. The quantitative estimate of drug-likeness (QED) is 0.385. The Bertz CT molecular complexity index is 172. The lowest BCUT2D eigenvalue weighted by Gasteiger charge is -2.02. The Morgan fingerprint density at radius 2 is 1.06 bits per heavy atom. The van der Waals surface area contributed by atoms with Crippen LogP contribution < -0.4 is 0 Å². The summed E-state index contributed by atoms with van der Waals surface area (Å²) < 4.78 is 0. The molecule has 0 aromatic heterocycles. The molecule has 0 aliphatic heterocycles. The zero-order chi connectivity index (χ0) is 12.8. The van der Waals surface area contributed by atoms with Gasteiger partial charge in [-0.1, -0.05) is 77.6 Å². The summed E-state index contributed by atoms with van der Waals surface area (Å²) in [6.45, 7) is 2.25. The Balaban J connectivity index is 0. The smallest absolute Gasteiger partial charge is 0.303 e. The van der Waals surface area contributed by atoms with Crippen LogP contribution in [0.25, 0.3) is 0 Å². The van der Waals surface area contributed by atoms with Gasteiger partial charge in [0, 0.05) is 29.5 Å². The van der Waals surface area contributed by atoms with Crippen molar-refractivity contribution in [2.75, 3.05) is 0 Å². The van der Waals surface area contributed by atoms with Gasteiger partial charge in [0.25, 0.3) is 0 Å². The molecule has 0 amide bonds. The Labute approximate surface area is 129 Å². The summed E-state index contributed by atoms with van der Waals surface area (Å²) in [5.41, 5.74) is 0. The lowest BCUT2D eigenvalue weighted by atomic mass is 10.0. The fourth-order valence-corrected chi connectivity index (χ4v) is 2.12. The normalized spacial score (nSPS) is 10.1. The van der Waals surface area contributed by atoms with Gasteiger partial charge in [-0.05, 0) is 6.42 Å². The molecule has 0 aromatic rings. The maximum Gasteiger partial charge on any atom is 0.303 e. The highest BCUT2D eigenvalue weighted by atomic mass is 24.3. The zero-order valence-corrected chi connectivity index (χ0v) is 13.7. The second-order valence-electron chi connectivity index (χ2n) is 5.03. The molecule has 3 heteroatoms. The average Bonchev–Trinajstić information content (AvgIpc) is 2.30. The van der Waals surface area contributed by atoms with Crippen molar-refractivity contribution in [3.05, 3.63) is 0 Å². The summed E-state index contributed by atoms with van der Waals surface area (Å²) in [4.78, 5) is 10.3. The lowest BCUT2D eigenvalue weighted by Crippen LogP contribution is -1.93. The van der Waals surface area contributed by atoms with Gasteiger partial charge in [0.15, 0.2) is 0 Å². The molecule has 0 spiro atoms. The monoisotopic (exact) mass is 266 g/mol. The topological polar surface area (TPSA) is 37.3 Å². The van der Waals surface area contributed by atoms with Gasteiger partial charge in [-0.2, -0.15) is 0 Å². The van der Waals surface area contributed by atoms with Crippen LogP contribution in [0.5, 0.6) is 0 Å². The van der Waals surface area contributed by atoms with Crippen LogP contribution in [0.2, 0.25) is 0 Å². The van der Waals surface area contributed by atoms with Gasteiger partial charge in [-0.25, -0.2) is 0 Å². The number of aliphatic carboxylic acids is 1. The fourth-order valence-electron chi connectivity index (χ4n) is 2.12. The summed E-state index contributed by atoms with van der Waals surface area (Å²) in [6, 6.07) is 0. The van der Waals surface area contributed by atoms with Crippen LogP contribution in [-0.2, 0) is 4.79 Å². The van der Waals surface area contributed by atoms with E-state index in [0.717, 1.165) is 12.8 Å². The van der Waals surface area contributed by atoms with E-state index >= 15 is 0 Å². The highest BCUT2D eigenvalue weighted by Crippen LogP contribution is 2.12. The van der Waals surface area contributed by atoms with Crippen LogP contribution in [0, 0.1) is 0 Å². The van der Waals surface area contributed by atoms with Gasteiger partial charge >= 0.3 is 5.97 Å². The molecule has 0 unspecified atom stereocenters. The number of hydrogen-bond donors (Lipinski definition) is 1. The van der Waals surface area contributed by atoms with Crippen LogP contribution in [0.15, 0.2) is 0 Å². The van der Waals surface area contributed by atoms with Crippen LogP contribution in [0.4, 0.5) is 0 Å². The third-order valence-electron chi connectivity index (χ3n) is 3.24. The summed E-state index contributed by atoms with van der Waals surface area (Å²) in [6.07, 6.45) is 15.8. The number of carboxylic acid groups (broad SMARTS) is 1. The average molecular weight is 267 g/mol. The summed E-state index contributed by atoms with van der Waals surface area (Å²) in [5, 5.41) is 8.47. The van der Waals surface area contributed by atoms with Crippen molar-refractivity contribution in [3.63, 3.8) is 0 Å². The van der Waals surface area contributed by atoms with Crippen LogP contribution in [0.3, 0.4) is 0 Å². The van der Waals surface area contributed by atoms with Crippen molar-refractivity contribution < 1.29 is 9.90 Å². The van der Waals surface area contributed by atoms with Crippen molar-refractivity contribution in [1.29, 1.82) is 0 Å². The first kappa shape index (κ1) is 20.6. The molecule has 0 saturated heterocycles. The highest BCUT2D eigenvalue weighted by Gasteiger charge is 1.96. The van der Waals surface area contributed by atoms with Crippen molar-refractivity contribution in [2.24, 2.45) is 0 Å². The lowest BCUT2D eigenvalue weighted by molar-refractivity contribution is -0.137. The van der Waals surface area contributed by atoms with E-state index in [-0.39, 0.29) is 23.1 Å². The Hall–Kier alpha value is 0.236. The first-order valence-corrected chi connectivity index (χ1v) is 7.49. The number of hydrogen-bond acceptors (Lipinski definition) is 1. The molecule has 0 heterocycles. The predicted molar refractivity (Wildman–Crippen MR) is 79.1 cm³/mol. The molecule has 18 heavy (non-hydrogen) atoms. The minimum atomic E-state index is -0.655. The molecule has 0 saturated carbocycles. The first-order valence-electron chi connectivity index (χ1n) is 7.49. The SMILES string of the molecule is CCCCCCCCCCCCCCC(=O)O.[Mg]. The molecule has 0 aliphatic carbocycles. The van der Waals surface area contributed by atoms with Gasteiger partial charge < -0.3 is 5.11 Å². The van der Waals surface area contributed by atoms with E-state index in [1.54, 1.807) is 0 Å². The van der Waals surface area contributed by atoms with Gasteiger partial charge in [0.1, 0.15) is 0 Å². The molecular weight excluding hydrogens is 236 g/mol. The minimum absolute atomic E-state index is 0. The van der Waals surface area contributed by atoms with E-state index in [1.807, 2.05) is 0 Å². The molecular formula is C15H30MgO2. The number of unbranched alkanes of at least 4 members (excludes halogenated alkanes) is 11. The molecule has 2 radical (unpaired) electrons. The Morgan fingerprint density at radius 3 is 1.39 bits per heavy atom. The molecule has 0 aromatic carbocycles. The Morgan fingerprint density at radius 1 is 0.722 bits per heavy atom. The molecule has 0 bridgehead atoms. The third kappa shape index (κ3) is 18.6. The van der Waals surface area contributed by atoms with Crippen molar-refractivity contribution in [1.82, 2.24) is 0 Å². The maximum absolute atomic E-state index is 10.3. The van der Waals surface area contributed by atoms with Gasteiger partial charge in [0.05, 0.1) is 0 Å². The molecule has 0 aliphatic rings. The van der Waals surface area contributed by atoms with E-state index in [1.165, 1.54) is 64.2 Å². The van der Waals surface area contributed by atoms with Gasteiger partial charge in [-0.15, -0.1) is 0 Å². The molecule has 0 atom stereocenters. The van der Waals surface area contributed by atoms with Crippen molar-refractivity contribution in [2.45, 2.75) is 90.4 Å². The maximum atomic E-state index is 10.3. The van der Waals surface area contributed by atoms with Crippen molar-refractivity contribution >= 4 is 29.0 Å².